The van der Waals surface area contributed by atoms with Crippen LogP contribution in [0.2, 0.25) is 0 Å². The molecule has 0 heterocycles. The lowest BCUT2D eigenvalue weighted by molar-refractivity contribution is 0.359. The molecule has 2 nitrogen and oxygen atoms in total. The minimum Gasteiger partial charge on any atom is -0.489 e. The number of hydrogen-bond acceptors (Lipinski definition) is 2. The zero-order chi connectivity index (χ0) is 12.8. The summed E-state index contributed by atoms with van der Waals surface area (Å²) in [4.78, 5) is 0. The highest BCUT2D eigenvalue weighted by molar-refractivity contribution is 6.25. The molecule has 0 amide bonds. The lowest BCUT2D eigenvalue weighted by Gasteiger charge is -2.13. The average Bonchev–Trinajstić information content (AvgIpc) is 2.41. The zero-order valence-electron chi connectivity index (χ0n) is 10.3. The van der Waals surface area contributed by atoms with Gasteiger partial charge in [0.15, 0.2) is 0 Å². The minimum absolute atomic E-state index is 0.485. The van der Waals surface area contributed by atoms with Gasteiger partial charge < -0.3 is 10.1 Å². The molecule has 1 N–H and O–H groups in total. The molecule has 94 valence electrons. The second kappa shape index (κ2) is 6.43. The molecular formula is C15H16ClNO. The fraction of sp³-hybridized carbons (Fsp3) is 0.200. The Morgan fingerprint density at radius 2 is 2.06 bits per heavy atom. The van der Waals surface area contributed by atoms with E-state index < -0.39 is 0 Å². The number of ether oxygens (including phenoxy) is 1. The Kier molecular flexibility index (Phi) is 4.62. The van der Waals surface area contributed by atoms with Crippen LogP contribution in [0.25, 0.3) is 10.8 Å². The van der Waals surface area contributed by atoms with E-state index in [4.69, 9.17) is 16.3 Å². The number of fused-ring (bicyclic) bond motifs is 1. The van der Waals surface area contributed by atoms with Crippen molar-refractivity contribution < 1.29 is 4.74 Å². The van der Waals surface area contributed by atoms with Crippen LogP contribution in [0.1, 0.15) is 5.56 Å². The van der Waals surface area contributed by atoms with E-state index in [1.54, 1.807) is 6.08 Å². The first-order chi connectivity index (χ1) is 8.86. The van der Waals surface area contributed by atoms with Crippen LogP contribution in [0, 0.1) is 0 Å². The maximum Gasteiger partial charge on any atom is 0.124 e. The molecule has 0 bridgehead atoms. The first kappa shape index (κ1) is 12.9. The number of halogens is 1. The fourth-order valence-electron chi connectivity index (χ4n) is 1.98. The highest BCUT2D eigenvalue weighted by Crippen LogP contribution is 2.28. The first-order valence-electron chi connectivity index (χ1n) is 5.90. The van der Waals surface area contributed by atoms with Gasteiger partial charge in [0.25, 0.3) is 0 Å². The van der Waals surface area contributed by atoms with E-state index in [2.05, 4.69) is 23.5 Å². The molecule has 2 aromatic rings. The SMILES string of the molecule is CNCc1c(OC/C=C/Cl)ccc2ccccc12. The highest BCUT2D eigenvalue weighted by Gasteiger charge is 2.07. The van der Waals surface area contributed by atoms with Crippen LogP contribution in [-0.2, 0) is 6.54 Å². The summed E-state index contributed by atoms with van der Waals surface area (Å²) in [6.45, 7) is 1.26. The lowest BCUT2D eigenvalue weighted by atomic mass is 10.0. The van der Waals surface area contributed by atoms with E-state index >= 15 is 0 Å². The van der Waals surface area contributed by atoms with Crippen molar-refractivity contribution in [3.05, 3.63) is 53.6 Å². The molecule has 2 aromatic carbocycles. The van der Waals surface area contributed by atoms with Crippen LogP contribution in [0.3, 0.4) is 0 Å². The number of benzene rings is 2. The standard InChI is InChI=1S/C15H16ClNO/c1-17-11-14-13-6-3-2-5-12(13)7-8-15(14)18-10-4-9-16/h2-9,17H,10-11H2,1H3/b9-4+. The van der Waals surface area contributed by atoms with E-state index in [1.807, 2.05) is 25.2 Å². The van der Waals surface area contributed by atoms with E-state index in [0.717, 1.165) is 12.3 Å². The highest BCUT2D eigenvalue weighted by atomic mass is 35.5. The Hall–Kier alpha value is -1.51. The van der Waals surface area contributed by atoms with E-state index in [-0.39, 0.29) is 0 Å². The Labute approximate surface area is 112 Å². The van der Waals surface area contributed by atoms with E-state index in [0.29, 0.717) is 6.61 Å². The molecule has 0 aliphatic rings. The average molecular weight is 262 g/mol. The number of nitrogens with one attached hydrogen (secondary N) is 1. The van der Waals surface area contributed by atoms with E-state index in [1.165, 1.54) is 21.9 Å². The van der Waals surface area contributed by atoms with Crippen molar-refractivity contribution in [2.24, 2.45) is 0 Å². The van der Waals surface area contributed by atoms with Crippen molar-refractivity contribution in [1.29, 1.82) is 0 Å². The number of hydrogen-bond donors (Lipinski definition) is 1. The molecule has 18 heavy (non-hydrogen) atoms. The maximum atomic E-state index is 5.73. The summed E-state index contributed by atoms with van der Waals surface area (Å²) < 4.78 is 5.73. The second-order valence-corrected chi connectivity index (χ2v) is 4.22. The fourth-order valence-corrected chi connectivity index (χ4v) is 2.06. The largest absolute Gasteiger partial charge is 0.489 e. The smallest absolute Gasteiger partial charge is 0.124 e. The molecule has 0 aromatic heterocycles. The molecule has 2 rings (SSSR count). The van der Waals surface area contributed by atoms with Gasteiger partial charge in [-0.25, -0.2) is 0 Å². The van der Waals surface area contributed by atoms with Gasteiger partial charge >= 0.3 is 0 Å². The molecule has 0 saturated heterocycles. The monoisotopic (exact) mass is 261 g/mol. The van der Waals surface area contributed by atoms with Crippen molar-refractivity contribution in [2.75, 3.05) is 13.7 Å². The molecule has 0 spiro atoms. The van der Waals surface area contributed by atoms with Gasteiger partial charge in [-0.1, -0.05) is 41.9 Å². The molecule has 0 aliphatic heterocycles. The quantitative estimate of drug-likeness (QED) is 0.886. The summed E-state index contributed by atoms with van der Waals surface area (Å²) in [6.07, 6.45) is 1.78. The number of rotatable bonds is 5. The summed E-state index contributed by atoms with van der Waals surface area (Å²) in [7, 11) is 1.93. The van der Waals surface area contributed by atoms with Crippen LogP contribution in [0.15, 0.2) is 48.0 Å². The van der Waals surface area contributed by atoms with Gasteiger partial charge in [0, 0.05) is 17.6 Å². The molecule has 0 unspecified atom stereocenters. The van der Waals surface area contributed by atoms with Gasteiger partial charge in [-0.15, -0.1) is 0 Å². The Morgan fingerprint density at radius 1 is 1.22 bits per heavy atom. The summed E-state index contributed by atoms with van der Waals surface area (Å²) in [6, 6.07) is 12.4. The van der Waals surface area contributed by atoms with Gasteiger partial charge in [0.2, 0.25) is 0 Å². The second-order valence-electron chi connectivity index (χ2n) is 3.97. The van der Waals surface area contributed by atoms with Crippen LogP contribution in [0.4, 0.5) is 0 Å². The van der Waals surface area contributed by atoms with Crippen molar-refractivity contribution in [3.63, 3.8) is 0 Å². The Balaban J connectivity index is 2.41. The van der Waals surface area contributed by atoms with Crippen LogP contribution >= 0.6 is 11.6 Å². The van der Waals surface area contributed by atoms with Crippen LogP contribution in [0.5, 0.6) is 5.75 Å². The molecule has 0 fully saturated rings. The van der Waals surface area contributed by atoms with Crippen molar-refractivity contribution in [2.45, 2.75) is 6.54 Å². The molecule has 0 saturated carbocycles. The zero-order valence-corrected chi connectivity index (χ0v) is 11.1. The molecule has 0 aliphatic carbocycles. The van der Waals surface area contributed by atoms with Crippen LogP contribution < -0.4 is 10.1 Å². The maximum absolute atomic E-state index is 5.73. The van der Waals surface area contributed by atoms with Gasteiger partial charge in [0.05, 0.1) is 0 Å². The Bertz CT molecular complexity index is 551. The third-order valence-electron chi connectivity index (χ3n) is 2.78. The van der Waals surface area contributed by atoms with Crippen molar-refractivity contribution >= 4 is 22.4 Å². The minimum atomic E-state index is 0.485. The third-order valence-corrected chi connectivity index (χ3v) is 2.95. The van der Waals surface area contributed by atoms with Crippen molar-refractivity contribution in [1.82, 2.24) is 5.32 Å². The normalized spacial score (nSPS) is 11.2. The summed E-state index contributed by atoms with van der Waals surface area (Å²) in [5.74, 6) is 0.901. The summed E-state index contributed by atoms with van der Waals surface area (Å²) in [5, 5.41) is 5.63. The van der Waals surface area contributed by atoms with E-state index in [9.17, 15) is 0 Å². The van der Waals surface area contributed by atoms with Gasteiger partial charge in [-0.3, -0.25) is 0 Å². The lowest BCUT2D eigenvalue weighted by Crippen LogP contribution is -2.08. The first-order valence-corrected chi connectivity index (χ1v) is 6.33. The van der Waals surface area contributed by atoms with Gasteiger partial charge in [-0.2, -0.15) is 0 Å². The topological polar surface area (TPSA) is 21.3 Å². The predicted octanol–water partition coefficient (Wildman–Crippen LogP) is 3.69. The van der Waals surface area contributed by atoms with Crippen molar-refractivity contribution in [3.8, 4) is 5.75 Å². The van der Waals surface area contributed by atoms with Gasteiger partial charge in [0.1, 0.15) is 12.4 Å². The third kappa shape index (κ3) is 2.84. The van der Waals surface area contributed by atoms with Gasteiger partial charge in [-0.05, 0) is 30.0 Å². The van der Waals surface area contributed by atoms with Crippen LogP contribution in [-0.4, -0.2) is 13.7 Å². The predicted molar refractivity (Wildman–Crippen MR) is 77.2 cm³/mol. The molecular weight excluding hydrogens is 246 g/mol. The Morgan fingerprint density at radius 3 is 2.83 bits per heavy atom. The summed E-state index contributed by atoms with van der Waals surface area (Å²) in [5.41, 5.74) is 2.65. The molecule has 3 heteroatoms. The molecule has 0 atom stereocenters. The summed E-state index contributed by atoms with van der Waals surface area (Å²) >= 11 is 5.49. The molecule has 0 radical (unpaired) electrons.